The second-order valence-corrected chi connectivity index (χ2v) is 8.78. The van der Waals surface area contributed by atoms with Gasteiger partial charge in [0.25, 0.3) is 5.91 Å². The number of carbonyl (C=O) groups is 2. The number of ketones is 1. The van der Waals surface area contributed by atoms with Crippen LogP contribution in [0.15, 0.2) is 48.7 Å². The molecular weight excluding hydrogens is 490 g/mol. The third kappa shape index (κ3) is 5.45. The number of hydrogen-bond donors (Lipinski definition) is 2. The first-order valence-electron chi connectivity index (χ1n) is 12.1. The largest absolute Gasteiger partial charge is 0.470 e. The highest BCUT2D eigenvalue weighted by Crippen LogP contribution is 2.27. The summed E-state index contributed by atoms with van der Waals surface area (Å²) in [6.07, 6.45) is 4.79. The minimum Gasteiger partial charge on any atom is -0.470 e. The molecule has 1 amide bonds. The van der Waals surface area contributed by atoms with Crippen molar-refractivity contribution >= 4 is 33.8 Å². The summed E-state index contributed by atoms with van der Waals surface area (Å²) in [5.41, 5.74) is 7.76. The molecule has 0 saturated carbocycles. The normalized spacial score (nSPS) is 15.7. The molecule has 0 bridgehead atoms. The Labute approximate surface area is 217 Å². The lowest BCUT2D eigenvalue weighted by atomic mass is 10.2. The third-order valence-electron chi connectivity index (χ3n) is 6.05. The number of rotatable bonds is 10. The monoisotopic (exact) mass is 517 g/mol. The van der Waals surface area contributed by atoms with Crippen LogP contribution >= 0.6 is 0 Å². The predicted molar refractivity (Wildman–Crippen MR) is 137 cm³/mol. The van der Waals surface area contributed by atoms with Gasteiger partial charge in [0.05, 0.1) is 23.1 Å². The van der Waals surface area contributed by atoms with Crippen LogP contribution in [0.4, 0.5) is 0 Å². The van der Waals surface area contributed by atoms with Gasteiger partial charge in [-0.15, -0.1) is 15.3 Å². The van der Waals surface area contributed by atoms with Crippen LogP contribution in [0, 0.1) is 0 Å². The number of carbonyl (C=O) groups excluding carboxylic acids is 2. The SMILES string of the molecule is COCC(=O)C=C(N)c1nnc2c3ccccc3c(OCc3ccc(C(=O)NC[C@@H]4CCCO4)cn3)nn12. The van der Waals surface area contributed by atoms with Gasteiger partial charge in [-0.2, -0.15) is 4.52 Å². The molecule has 1 aromatic carbocycles. The smallest absolute Gasteiger partial charge is 0.252 e. The maximum absolute atomic E-state index is 12.4. The topological polar surface area (TPSA) is 156 Å². The number of pyridine rings is 1. The second kappa shape index (κ2) is 11.3. The minimum absolute atomic E-state index is 0.0714. The zero-order valence-electron chi connectivity index (χ0n) is 20.8. The molecule has 1 aliphatic rings. The van der Waals surface area contributed by atoms with Gasteiger partial charge in [0.15, 0.2) is 11.4 Å². The van der Waals surface area contributed by atoms with Gasteiger partial charge in [-0.3, -0.25) is 14.6 Å². The number of fused-ring (bicyclic) bond motifs is 3. The molecule has 1 fully saturated rings. The molecule has 0 unspecified atom stereocenters. The average Bonchev–Trinajstić information content (AvgIpc) is 3.61. The van der Waals surface area contributed by atoms with Crippen molar-refractivity contribution in [1.29, 1.82) is 0 Å². The van der Waals surface area contributed by atoms with Crippen LogP contribution in [0.2, 0.25) is 0 Å². The maximum Gasteiger partial charge on any atom is 0.252 e. The van der Waals surface area contributed by atoms with Crippen molar-refractivity contribution in [2.45, 2.75) is 25.6 Å². The molecule has 196 valence electrons. The molecule has 1 atom stereocenters. The summed E-state index contributed by atoms with van der Waals surface area (Å²) in [7, 11) is 1.43. The maximum atomic E-state index is 12.4. The Balaban J connectivity index is 1.34. The lowest BCUT2D eigenvalue weighted by Gasteiger charge is -2.11. The van der Waals surface area contributed by atoms with E-state index in [0.29, 0.717) is 29.3 Å². The van der Waals surface area contributed by atoms with E-state index in [9.17, 15) is 9.59 Å². The van der Waals surface area contributed by atoms with Crippen LogP contribution in [-0.2, 0) is 20.9 Å². The van der Waals surface area contributed by atoms with Crippen molar-refractivity contribution in [2.75, 3.05) is 26.9 Å². The van der Waals surface area contributed by atoms with Crippen LogP contribution < -0.4 is 15.8 Å². The number of hydrogen-bond acceptors (Lipinski definition) is 10. The molecular formula is C26H27N7O5. The van der Waals surface area contributed by atoms with Gasteiger partial charge in [0.2, 0.25) is 11.7 Å². The first-order chi connectivity index (χ1) is 18.5. The van der Waals surface area contributed by atoms with Crippen LogP contribution in [0.5, 0.6) is 5.88 Å². The molecule has 38 heavy (non-hydrogen) atoms. The van der Waals surface area contributed by atoms with Crippen LogP contribution in [0.1, 0.15) is 34.7 Å². The number of nitrogens with zero attached hydrogens (tertiary/aromatic N) is 5. The lowest BCUT2D eigenvalue weighted by molar-refractivity contribution is -0.117. The number of amides is 1. The third-order valence-corrected chi connectivity index (χ3v) is 6.05. The van der Waals surface area contributed by atoms with Gasteiger partial charge in [0, 0.05) is 43.3 Å². The Bertz CT molecular complexity index is 1490. The molecule has 4 aromatic rings. The highest BCUT2D eigenvalue weighted by molar-refractivity contribution is 5.98. The molecule has 0 radical (unpaired) electrons. The van der Waals surface area contributed by atoms with E-state index in [4.69, 9.17) is 19.9 Å². The summed E-state index contributed by atoms with van der Waals surface area (Å²) >= 11 is 0. The Hall–Kier alpha value is -4.42. The van der Waals surface area contributed by atoms with E-state index in [2.05, 4.69) is 25.6 Å². The average molecular weight is 518 g/mol. The van der Waals surface area contributed by atoms with Gasteiger partial charge in [-0.1, -0.05) is 18.2 Å². The van der Waals surface area contributed by atoms with E-state index in [0.717, 1.165) is 30.2 Å². The van der Waals surface area contributed by atoms with E-state index in [1.165, 1.54) is 23.9 Å². The summed E-state index contributed by atoms with van der Waals surface area (Å²) in [5, 5.41) is 17.3. The molecule has 12 nitrogen and oxygen atoms in total. The van der Waals surface area contributed by atoms with Crippen molar-refractivity contribution in [2.24, 2.45) is 5.73 Å². The van der Waals surface area contributed by atoms with Crippen molar-refractivity contribution < 1.29 is 23.8 Å². The van der Waals surface area contributed by atoms with E-state index in [1.54, 1.807) is 12.1 Å². The zero-order chi connectivity index (χ0) is 26.5. The number of methoxy groups -OCH3 is 1. The fraction of sp³-hybridized carbons (Fsp3) is 0.308. The summed E-state index contributed by atoms with van der Waals surface area (Å²) in [4.78, 5) is 28.8. The fourth-order valence-electron chi connectivity index (χ4n) is 4.16. The number of nitrogens with one attached hydrogen (secondary N) is 1. The van der Waals surface area contributed by atoms with Crippen molar-refractivity contribution in [3.05, 3.63) is 65.8 Å². The molecule has 0 aliphatic carbocycles. The standard InChI is InChI=1S/C26H27N7O5/c1-36-15-18(34)11-22(27)24-31-30-23-20-6-2-3-7-21(20)26(32-33(23)24)38-14-17-9-8-16(12-28-17)25(35)29-13-19-5-4-10-37-19/h2-3,6-9,11-12,19H,4-5,10,13-15,27H2,1H3,(H,29,35)/t19-/m0/s1. The number of ether oxygens (including phenoxy) is 3. The van der Waals surface area contributed by atoms with Crippen LogP contribution in [-0.4, -0.2) is 69.5 Å². The van der Waals surface area contributed by atoms with E-state index in [1.807, 2.05) is 24.3 Å². The molecule has 5 rings (SSSR count). The van der Waals surface area contributed by atoms with Gasteiger partial charge in [-0.25, -0.2) is 0 Å². The van der Waals surface area contributed by atoms with Gasteiger partial charge >= 0.3 is 0 Å². The Morgan fingerprint density at radius 1 is 1.21 bits per heavy atom. The highest BCUT2D eigenvalue weighted by atomic mass is 16.5. The van der Waals surface area contributed by atoms with Gasteiger partial charge in [0.1, 0.15) is 13.2 Å². The minimum atomic E-state index is -0.311. The first-order valence-corrected chi connectivity index (χ1v) is 12.1. The fourth-order valence-corrected chi connectivity index (χ4v) is 4.16. The molecule has 4 heterocycles. The number of nitrogens with two attached hydrogens (primary N) is 1. The molecule has 0 spiro atoms. The number of benzene rings is 1. The van der Waals surface area contributed by atoms with E-state index in [-0.39, 0.29) is 42.5 Å². The molecule has 1 aliphatic heterocycles. The van der Waals surface area contributed by atoms with E-state index >= 15 is 0 Å². The Morgan fingerprint density at radius 2 is 2.05 bits per heavy atom. The predicted octanol–water partition coefficient (Wildman–Crippen LogP) is 1.68. The van der Waals surface area contributed by atoms with Gasteiger partial charge < -0.3 is 25.3 Å². The van der Waals surface area contributed by atoms with Crippen molar-refractivity contribution in [3.8, 4) is 5.88 Å². The molecule has 12 heteroatoms. The van der Waals surface area contributed by atoms with Crippen molar-refractivity contribution in [1.82, 2.24) is 30.1 Å². The Kier molecular flexibility index (Phi) is 7.52. The van der Waals surface area contributed by atoms with Crippen molar-refractivity contribution in [3.63, 3.8) is 0 Å². The van der Waals surface area contributed by atoms with Gasteiger partial charge in [-0.05, 0) is 31.0 Å². The summed E-state index contributed by atoms with van der Waals surface area (Å²) in [6.45, 7) is 1.22. The molecule has 1 saturated heterocycles. The molecule has 3 aromatic heterocycles. The summed E-state index contributed by atoms with van der Waals surface area (Å²) in [5.74, 6) is 0.00401. The molecule has 3 N–H and O–H groups in total. The summed E-state index contributed by atoms with van der Waals surface area (Å²) < 4.78 is 17.9. The quantitative estimate of drug-likeness (QED) is 0.297. The zero-order valence-corrected chi connectivity index (χ0v) is 20.8. The number of aromatic nitrogens is 5. The first kappa shape index (κ1) is 25.2. The summed E-state index contributed by atoms with van der Waals surface area (Å²) in [6, 6.07) is 10.9. The van der Waals surface area contributed by atoms with Crippen LogP contribution in [0.25, 0.3) is 22.1 Å². The van der Waals surface area contributed by atoms with E-state index < -0.39 is 0 Å². The Morgan fingerprint density at radius 3 is 2.79 bits per heavy atom. The lowest BCUT2D eigenvalue weighted by Crippen LogP contribution is -2.31. The highest BCUT2D eigenvalue weighted by Gasteiger charge is 2.18. The van der Waals surface area contributed by atoms with Crippen LogP contribution in [0.3, 0.4) is 0 Å². The second-order valence-electron chi connectivity index (χ2n) is 8.78.